The molecule has 1 aliphatic carbocycles. The molecular formula is C60H55BN2. The van der Waals surface area contributed by atoms with E-state index in [1.54, 1.807) is 0 Å². The first-order valence-corrected chi connectivity index (χ1v) is 22.8. The van der Waals surface area contributed by atoms with Gasteiger partial charge < -0.3 is 9.80 Å². The molecule has 0 fully saturated rings. The van der Waals surface area contributed by atoms with Gasteiger partial charge in [0.1, 0.15) is 0 Å². The highest BCUT2D eigenvalue weighted by Gasteiger charge is 2.45. The van der Waals surface area contributed by atoms with Crippen molar-refractivity contribution >= 4 is 57.2 Å². The van der Waals surface area contributed by atoms with Crippen molar-refractivity contribution in [3.8, 4) is 33.4 Å². The number of aryl methyl sites for hydroxylation is 3. The molecule has 0 spiro atoms. The Morgan fingerprint density at radius 2 is 1.06 bits per heavy atom. The van der Waals surface area contributed by atoms with Crippen molar-refractivity contribution in [2.24, 2.45) is 5.41 Å². The molecule has 308 valence electrons. The third-order valence-corrected chi connectivity index (χ3v) is 14.1. The number of anilines is 6. The maximum absolute atomic E-state index is 2.65. The van der Waals surface area contributed by atoms with Crippen LogP contribution in [0.2, 0.25) is 0 Å². The van der Waals surface area contributed by atoms with Gasteiger partial charge in [0.25, 0.3) is 6.71 Å². The molecule has 0 saturated carbocycles. The molecule has 11 rings (SSSR count). The van der Waals surface area contributed by atoms with Gasteiger partial charge in [0.15, 0.2) is 0 Å². The van der Waals surface area contributed by atoms with Crippen LogP contribution in [0, 0.1) is 26.2 Å². The molecule has 63 heavy (non-hydrogen) atoms. The van der Waals surface area contributed by atoms with E-state index >= 15 is 0 Å². The summed E-state index contributed by atoms with van der Waals surface area (Å²) in [5.41, 5.74) is 27.3. The average molecular weight is 815 g/mol. The third-order valence-electron chi connectivity index (χ3n) is 14.1. The maximum Gasteiger partial charge on any atom is 0.252 e. The summed E-state index contributed by atoms with van der Waals surface area (Å²) in [5, 5.41) is 0. The predicted molar refractivity (Wildman–Crippen MR) is 271 cm³/mol. The predicted octanol–water partition coefficient (Wildman–Crippen LogP) is 14.1. The van der Waals surface area contributed by atoms with Crippen molar-refractivity contribution in [3.05, 3.63) is 197 Å². The van der Waals surface area contributed by atoms with E-state index in [-0.39, 0.29) is 17.5 Å². The highest BCUT2D eigenvalue weighted by atomic mass is 15.2. The first-order chi connectivity index (χ1) is 30.3. The molecule has 0 saturated heterocycles. The van der Waals surface area contributed by atoms with Gasteiger partial charge in [0.05, 0.1) is 5.69 Å². The van der Waals surface area contributed by atoms with Crippen LogP contribution in [-0.4, -0.2) is 6.71 Å². The summed E-state index contributed by atoms with van der Waals surface area (Å²) in [4.78, 5) is 5.23. The molecule has 0 radical (unpaired) electrons. The number of hydrogen-bond donors (Lipinski definition) is 0. The average Bonchev–Trinajstić information content (AvgIpc) is 3.58. The van der Waals surface area contributed by atoms with Gasteiger partial charge >= 0.3 is 0 Å². The molecule has 2 heterocycles. The lowest BCUT2D eigenvalue weighted by Crippen LogP contribution is -2.61. The summed E-state index contributed by atoms with van der Waals surface area (Å²) in [6, 6.07) is 62.5. The summed E-state index contributed by atoms with van der Waals surface area (Å²) < 4.78 is 0. The van der Waals surface area contributed by atoms with E-state index in [9.17, 15) is 0 Å². The van der Waals surface area contributed by atoms with E-state index in [0.29, 0.717) is 0 Å². The molecule has 0 amide bonds. The fourth-order valence-electron chi connectivity index (χ4n) is 11.0. The standard InChI is InChI=1S/C60H55BN2/c1-38-29-56-58-57(30-38)63(53-28-26-46(59(4,5)6)35-50(53)41-19-10-9-11-20-41)55-34-45-37-60(7,8)36-44(45)32-52(55)61(58)51-27-25-43(49-24-15-13-18-40(49)3)33-54(51)62(56)47-22-16-21-42(31-47)48-23-14-12-17-39(48)2/h9-35H,36-37H2,1-8H3. The van der Waals surface area contributed by atoms with Crippen molar-refractivity contribution in [2.45, 2.75) is 73.6 Å². The van der Waals surface area contributed by atoms with Gasteiger partial charge in [0, 0.05) is 34.0 Å². The van der Waals surface area contributed by atoms with E-state index in [1.165, 1.54) is 112 Å². The minimum atomic E-state index is -0.00392. The Kier molecular flexibility index (Phi) is 9.04. The Morgan fingerprint density at radius 3 is 1.75 bits per heavy atom. The summed E-state index contributed by atoms with van der Waals surface area (Å²) in [7, 11) is 0. The molecule has 0 aromatic heterocycles. The molecule has 8 aromatic rings. The van der Waals surface area contributed by atoms with Crippen LogP contribution in [0.3, 0.4) is 0 Å². The zero-order chi connectivity index (χ0) is 43.4. The topological polar surface area (TPSA) is 6.48 Å². The van der Waals surface area contributed by atoms with Crippen LogP contribution < -0.4 is 26.2 Å². The minimum Gasteiger partial charge on any atom is -0.311 e. The van der Waals surface area contributed by atoms with E-state index in [2.05, 4.69) is 229 Å². The molecule has 0 N–H and O–H groups in total. The van der Waals surface area contributed by atoms with Crippen LogP contribution in [0.1, 0.15) is 68.0 Å². The molecule has 0 unspecified atom stereocenters. The summed E-state index contributed by atoms with van der Waals surface area (Å²) in [6.45, 7) is 18.6. The quantitative estimate of drug-likeness (QED) is 0.160. The van der Waals surface area contributed by atoms with Gasteiger partial charge in [-0.05, 0) is 171 Å². The lowest BCUT2D eigenvalue weighted by molar-refractivity contribution is 0.392. The maximum atomic E-state index is 2.65. The second-order valence-corrected chi connectivity index (χ2v) is 20.3. The molecule has 0 bridgehead atoms. The zero-order valence-electron chi connectivity index (χ0n) is 38.0. The highest BCUT2D eigenvalue weighted by molar-refractivity contribution is 7.00. The fraction of sp³-hybridized carbons (Fsp3) is 0.200. The van der Waals surface area contributed by atoms with Crippen LogP contribution in [-0.2, 0) is 18.3 Å². The van der Waals surface area contributed by atoms with Crippen molar-refractivity contribution < 1.29 is 0 Å². The van der Waals surface area contributed by atoms with E-state index in [0.717, 1.165) is 18.5 Å². The summed E-state index contributed by atoms with van der Waals surface area (Å²) in [6.07, 6.45) is 2.16. The molecule has 2 nitrogen and oxygen atoms in total. The first kappa shape index (κ1) is 39.3. The van der Waals surface area contributed by atoms with Crippen molar-refractivity contribution in [3.63, 3.8) is 0 Å². The summed E-state index contributed by atoms with van der Waals surface area (Å²) in [5.74, 6) is 0. The number of rotatable bonds is 5. The van der Waals surface area contributed by atoms with Gasteiger partial charge in [-0.25, -0.2) is 0 Å². The van der Waals surface area contributed by atoms with Gasteiger partial charge in [-0.2, -0.15) is 0 Å². The number of fused-ring (bicyclic) bond motifs is 5. The monoisotopic (exact) mass is 814 g/mol. The molecule has 0 atom stereocenters. The molecule has 8 aromatic carbocycles. The van der Waals surface area contributed by atoms with Crippen LogP contribution in [0.4, 0.5) is 34.1 Å². The lowest BCUT2D eigenvalue weighted by atomic mass is 9.33. The van der Waals surface area contributed by atoms with Crippen molar-refractivity contribution in [1.82, 2.24) is 0 Å². The molecule has 2 aliphatic heterocycles. The van der Waals surface area contributed by atoms with E-state index in [1.807, 2.05) is 0 Å². The van der Waals surface area contributed by atoms with Gasteiger partial charge in [-0.1, -0.05) is 150 Å². The second kappa shape index (κ2) is 14.5. The van der Waals surface area contributed by atoms with E-state index < -0.39 is 0 Å². The van der Waals surface area contributed by atoms with Crippen LogP contribution in [0.15, 0.2) is 164 Å². The van der Waals surface area contributed by atoms with Crippen LogP contribution >= 0.6 is 0 Å². The Bertz CT molecular complexity index is 3130. The molecular weight excluding hydrogens is 759 g/mol. The minimum absolute atomic E-state index is 0.00392. The molecule has 3 aliphatic rings. The Hall–Kier alpha value is -6.58. The first-order valence-electron chi connectivity index (χ1n) is 22.8. The largest absolute Gasteiger partial charge is 0.311 e. The SMILES string of the molecule is Cc1cc2c3c(c1)N(c1ccc(C(C)(C)C)cc1-c1ccccc1)c1cc4c(cc1B3c1ccc(-c3ccccc3C)cc1N2c1cccc(-c2ccccc2C)c1)CC(C)(C)C4. The van der Waals surface area contributed by atoms with Crippen molar-refractivity contribution in [2.75, 3.05) is 9.80 Å². The van der Waals surface area contributed by atoms with Crippen LogP contribution in [0.5, 0.6) is 0 Å². The van der Waals surface area contributed by atoms with Crippen LogP contribution in [0.25, 0.3) is 33.4 Å². The number of benzene rings is 8. The van der Waals surface area contributed by atoms with Gasteiger partial charge in [0.2, 0.25) is 0 Å². The Labute approximate surface area is 375 Å². The normalized spacial score (nSPS) is 14.6. The van der Waals surface area contributed by atoms with Gasteiger partial charge in [-0.3, -0.25) is 0 Å². The third kappa shape index (κ3) is 6.55. The second-order valence-electron chi connectivity index (χ2n) is 20.3. The van der Waals surface area contributed by atoms with Crippen molar-refractivity contribution in [1.29, 1.82) is 0 Å². The smallest absolute Gasteiger partial charge is 0.252 e. The van der Waals surface area contributed by atoms with E-state index in [4.69, 9.17) is 0 Å². The lowest BCUT2D eigenvalue weighted by Gasteiger charge is -2.45. The number of nitrogens with zero attached hydrogens (tertiary/aromatic N) is 2. The summed E-state index contributed by atoms with van der Waals surface area (Å²) >= 11 is 0. The Morgan fingerprint density at radius 1 is 0.460 bits per heavy atom. The zero-order valence-corrected chi connectivity index (χ0v) is 38.0. The molecule has 3 heteroatoms. The van der Waals surface area contributed by atoms with Gasteiger partial charge in [-0.15, -0.1) is 0 Å². The highest BCUT2D eigenvalue weighted by Crippen LogP contribution is 2.50. The Balaban J connectivity index is 1.23. The number of hydrogen-bond acceptors (Lipinski definition) is 2. The fourth-order valence-corrected chi connectivity index (χ4v) is 11.0.